The van der Waals surface area contributed by atoms with Gasteiger partial charge < -0.3 is 16.4 Å². The molecule has 0 unspecified atom stereocenters. The Kier molecular flexibility index (Phi) is 68.8. The predicted molar refractivity (Wildman–Crippen MR) is 7.87 cm³/mol. The van der Waals surface area contributed by atoms with Crippen LogP contribution in [-0.4, -0.2) is 8.32 Å². The topological polar surface area (TPSA) is 160 Å². The Morgan fingerprint density at radius 3 is 0.800 bits per heavy atom. The van der Waals surface area contributed by atoms with Crippen molar-refractivity contribution in [2.24, 2.45) is 0 Å². The molecule has 10 heavy (non-hydrogen) atoms. The van der Waals surface area contributed by atoms with E-state index in [4.69, 9.17) is 15.9 Å². The second kappa shape index (κ2) is 17.4. The fraction of sp³-hybridized carbons (Fsp3) is 0. The predicted octanol–water partition coefficient (Wildman–Crippen LogP) is -1.71. The van der Waals surface area contributed by atoms with Crippen LogP contribution in [0.2, 0.25) is 0 Å². The quantitative estimate of drug-likeness (QED) is 0.456. The monoisotopic (exact) mass is 444 g/mol. The third-order valence-electron chi connectivity index (χ3n) is 0. The van der Waals surface area contributed by atoms with Crippen LogP contribution in [-0.2, 0) is 37.6 Å². The zero-order valence-electron chi connectivity index (χ0n) is 4.50. The molecule has 0 saturated carbocycles. The van der Waals surface area contributed by atoms with Crippen molar-refractivity contribution in [2.45, 2.75) is 0 Å². The standard InChI is InChI=1S/Cr.2La.2H2O.5O/h;;;2*1H2;;;;;/q+2;2*+3;;;;;3*-2/p-2. The van der Waals surface area contributed by atoms with Crippen molar-refractivity contribution in [3.8, 4) is 0 Å². The van der Waals surface area contributed by atoms with Gasteiger partial charge in [0.2, 0.25) is 0 Å². The summed E-state index contributed by atoms with van der Waals surface area (Å²) in [6.07, 6.45) is 0. The summed E-state index contributed by atoms with van der Waals surface area (Å²) in [5.41, 5.74) is 0. The van der Waals surface area contributed by atoms with Gasteiger partial charge in [0.15, 0.2) is 0 Å². The summed E-state index contributed by atoms with van der Waals surface area (Å²) in [4.78, 5) is 0. The zero-order valence-corrected chi connectivity index (χ0v) is 13.0. The molecule has 56 valence electrons. The van der Waals surface area contributed by atoms with Crippen LogP contribution >= 0.6 is 0 Å². The van der Waals surface area contributed by atoms with Gasteiger partial charge in [-0.2, -0.15) is 0 Å². The molecule has 0 aliphatic rings. The Morgan fingerprint density at radius 2 is 0.800 bits per heavy atom. The van der Waals surface area contributed by atoms with Gasteiger partial charge in [0.05, 0.1) is 0 Å². The SMILES string of the molecule is [La+3].[La+3].[O-2].[O-2].[O-2].[O]=[Cr](=[O])([OH])[OH]. The van der Waals surface area contributed by atoms with E-state index in [1.165, 1.54) is 0 Å². The van der Waals surface area contributed by atoms with Crippen LogP contribution in [0.3, 0.4) is 0 Å². The molecule has 0 radical (unpaired) electrons. The fourth-order valence-electron chi connectivity index (χ4n) is 0. The first-order valence-corrected chi connectivity index (χ1v) is 2.88. The summed E-state index contributed by atoms with van der Waals surface area (Å²) in [6.45, 7) is 0. The zero-order chi connectivity index (χ0) is 4.50. The third-order valence-corrected chi connectivity index (χ3v) is 0. The van der Waals surface area contributed by atoms with E-state index in [0.717, 1.165) is 0 Å². The van der Waals surface area contributed by atoms with Crippen LogP contribution in [0.5, 0.6) is 0 Å². The van der Waals surface area contributed by atoms with Crippen molar-refractivity contribution < 1.29 is 117 Å². The molecule has 0 heterocycles. The minimum atomic E-state index is -5.25. The number of hydrogen-bond acceptors (Lipinski definition) is 2. The van der Waals surface area contributed by atoms with E-state index in [0.29, 0.717) is 0 Å². The van der Waals surface area contributed by atoms with Gasteiger partial charge >= 0.3 is 101 Å². The molecule has 0 fully saturated rings. The molecular formula is H2CrLa2O7. The van der Waals surface area contributed by atoms with Crippen molar-refractivity contribution in [3.63, 3.8) is 0 Å². The fourth-order valence-corrected chi connectivity index (χ4v) is 0. The van der Waals surface area contributed by atoms with Crippen LogP contribution in [0.1, 0.15) is 0 Å². The molecule has 0 saturated heterocycles. The first-order valence-electron chi connectivity index (χ1n) is 0.698. The molecule has 0 bridgehead atoms. The molecule has 0 aliphatic heterocycles. The second-order valence-electron chi connectivity index (χ2n) is 0.448. The van der Waals surface area contributed by atoms with Gasteiger partial charge in [0, 0.05) is 0 Å². The first kappa shape index (κ1) is 39.5. The van der Waals surface area contributed by atoms with E-state index in [2.05, 4.69) is 0 Å². The molecule has 0 aromatic carbocycles. The van der Waals surface area contributed by atoms with Gasteiger partial charge in [-0.1, -0.05) is 0 Å². The van der Waals surface area contributed by atoms with E-state index < -0.39 is 13.6 Å². The van der Waals surface area contributed by atoms with Gasteiger partial charge in [0.25, 0.3) is 0 Å². The molecular weight excluding hydrogens is 442 g/mol. The first-order chi connectivity index (χ1) is 2.00. The molecule has 7 nitrogen and oxygen atoms in total. The molecule has 0 spiro atoms. The van der Waals surface area contributed by atoms with Gasteiger partial charge in [-0.3, -0.25) is 0 Å². The summed E-state index contributed by atoms with van der Waals surface area (Å²) in [7, 11) is 0. The molecule has 10 heteroatoms. The van der Waals surface area contributed by atoms with Gasteiger partial charge in [0.1, 0.15) is 0 Å². The summed E-state index contributed by atoms with van der Waals surface area (Å²) >= 11 is -5.25. The van der Waals surface area contributed by atoms with Crippen molar-refractivity contribution in [2.75, 3.05) is 0 Å². The number of hydrogen-bond donors (Lipinski definition) is 2. The molecule has 0 rings (SSSR count). The van der Waals surface area contributed by atoms with E-state index in [-0.39, 0.29) is 87.6 Å². The summed E-state index contributed by atoms with van der Waals surface area (Å²) < 4.78 is 31.9. The van der Waals surface area contributed by atoms with Crippen LogP contribution < -0.4 is 0 Å². The van der Waals surface area contributed by atoms with Crippen molar-refractivity contribution >= 4 is 0 Å². The summed E-state index contributed by atoms with van der Waals surface area (Å²) in [5.74, 6) is 0. The summed E-state index contributed by atoms with van der Waals surface area (Å²) in [5, 5.41) is 0. The van der Waals surface area contributed by atoms with Crippen LogP contribution in [0, 0.1) is 71.2 Å². The van der Waals surface area contributed by atoms with Crippen LogP contribution in [0.25, 0.3) is 0 Å². The minimum absolute atomic E-state index is 0. The van der Waals surface area contributed by atoms with Crippen LogP contribution in [0.15, 0.2) is 0 Å². The van der Waals surface area contributed by atoms with Crippen LogP contribution in [0.4, 0.5) is 0 Å². The average molecular weight is 444 g/mol. The Morgan fingerprint density at radius 1 is 0.800 bits per heavy atom. The Balaban J connectivity index is -0.00000000800. The van der Waals surface area contributed by atoms with Gasteiger partial charge in [-0.25, -0.2) is 0 Å². The third kappa shape index (κ3) is 166. The molecule has 0 amide bonds. The maximum atomic E-state index is 8.82. The van der Waals surface area contributed by atoms with Crippen molar-refractivity contribution in [1.29, 1.82) is 0 Å². The van der Waals surface area contributed by atoms with E-state index in [9.17, 15) is 0 Å². The molecule has 0 aromatic heterocycles. The van der Waals surface area contributed by atoms with Crippen molar-refractivity contribution in [1.82, 2.24) is 0 Å². The maximum absolute atomic E-state index is 8.82. The van der Waals surface area contributed by atoms with Crippen molar-refractivity contribution in [3.05, 3.63) is 0 Å². The normalized spacial score (nSPS) is 5.80. The average Bonchev–Trinajstić information content (AvgIpc) is 0.722. The van der Waals surface area contributed by atoms with E-state index in [1.54, 1.807) is 0 Å². The van der Waals surface area contributed by atoms with E-state index >= 15 is 0 Å². The molecule has 0 aromatic rings. The summed E-state index contributed by atoms with van der Waals surface area (Å²) in [6, 6.07) is 0. The Hall–Kier alpha value is 2.32. The van der Waals surface area contributed by atoms with Gasteiger partial charge in [-0.05, 0) is 0 Å². The van der Waals surface area contributed by atoms with E-state index in [1.807, 2.05) is 0 Å². The second-order valence-corrected chi connectivity index (χ2v) is 1.85. The Bertz CT molecular complexity index is 94.8. The molecule has 2 N–H and O–H groups in total. The van der Waals surface area contributed by atoms with Gasteiger partial charge in [-0.15, -0.1) is 0 Å². The molecule has 0 atom stereocenters. The molecule has 0 aliphatic carbocycles. The Labute approximate surface area is 115 Å². The number of rotatable bonds is 0.